The van der Waals surface area contributed by atoms with Gasteiger partial charge in [0.2, 0.25) is 0 Å². The van der Waals surface area contributed by atoms with E-state index in [0.717, 1.165) is 17.0 Å². The van der Waals surface area contributed by atoms with Crippen molar-refractivity contribution in [1.82, 2.24) is 4.57 Å². The second-order valence-electron chi connectivity index (χ2n) is 3.96. The average molecular weight is 324 g/mol. The molecule has 0 bridgehead atoms. The summed E-state index contributed by atoms with van der Waals surface area (Å²) in [5.74, 6) is 0. The van der Waals surface area contributed by atoms with Gasteiger partial charge in [-0.05, 0) is 25.5 Å². The zero-order chi connectivity index (χ0) is 12.3. The minimum absolute atomic E-state index is 0. The molecule has 0 spiro atoms. The normalized spacial score (nSPS) is 11.1. The summed E-state index contributed by atoms with van der Waals surface area (Å²) in [7, 11) is 0. The Bertz CT molecular complexity index is 596. The first-order valence-corrected chi connectivity index (χ1v) is 6.46. The third-order valence-electron chi connectivity index (χ3n) is 2.63. The van der Waals surface area contributed by atoms with Gasteiger partial charge in [0.25, 0.3) is 0 Å². The van der Waals surface area contributed by atoms with Crippen molar-refractivity contribution in [2.24, 2.45) is 4.99 Å². The minimum Gasteiger partial charge on any atom is -1.00 e. The highest BCUT2D eigenvalue weighted by Crippen LogP contribution is 2.16. The Hall–Kier alpha value is -1.13. The van der Waals surface area contributed by atoms with Crippen molar-refractivity contribution in [2.75, 3.05) is 0 Å². The van der Waals surface area contributed by atoms with Gasteiger partial charge < -0.3 is 21.5 Å². The Morgan fingerprint density at radius 3 is 2.72 bits per heavy atom. The van der Waals surface area contributed by atoms with Crippen LogP contribution in [0, 0.1) is 13.8 Å². The maximum atomic E-state index is 4.71. The van der Waals surface area contributed by atoms with E-state index in [2.05, 4.69) is 36.4 Å². The molecule has 0 fully saturated rings. The highest BCUT2D eigenvalue weighted by Gasteiger charge is 2.00. The lowest BCUT2D eigenvalue weighted by Crippen LogP contribution is -3.00. The summed E-state index contributed by atoms with van der Waals surface area (Å²) in [5.41, 5.74) is 3.46. The smallest absolute Gasteiger partial charge is 0.190 e. The molecule has 0 atom stereocenters. The number of aromatic nitrogens is 1. The summed E-state index contributed by atoms with van der Waals surface area (Å²) in [6, 6.07) is 8.18. The molecule has 18 heavy (non-hydrogen) atoms. The number of aryl methyl sites for hydroxylation is 2. The van der Waals surface area contributed by atoms with E-state index in [1.54, 1.807) is 11.3 Å². The van der Waals surface area contributed by atoms with E-state index in [9.17, 15) is 0 Å². The van der Waals surface area contributed by atoms with Crippen molar-refractivity contribution in [2.45, 2.75) is 20.4 Å². The molecule has 0 aliphatic rings. The Labute approximate surface area is 122 Å². The van der Waals surface area contributed by atoms with Crippen LogP contribution in [0.3, 0.4) is 0 Å². The third kappa shape index (κ3) is 3.21. The molecular weight excluding hydrogens is 308 g/mol. The first-order valence-electron chi connectivity index (χ1n) is 5.58. The number of hydrogen-bond donors (Lipinski definition) is 0. The fourth-order valence-electron chi connectivity index (χ4n) is 1.65. The lowest BCUT2D eigenvalue weighted by atomic mass is 10.2. The predicted molar refractivity (Wildman–Crippen MR) is 73.6 cm³/mol. The second kappa shape index (κ2) is 6.71. The van der Waals surface area contributed by atoms with Gasteiger partial charge in [0.1, 0.15) is 0 Å². The molecule has 0 saturated carbocycles. The number of allylic oxidation sites excluding steroid dienone is 1. The van der Waals surface area contributed by atoms with E-state index < -0.39 is 0 Å². The number of hydrogen-bond acceptors (Lipinski definition) is 2. The van der Waals surface area contributed by atoms with Crippen molar-refractivity contribution >= 4 is 17.0 Å². The monoisotopic (exact) mass is 323 g/mol. The zero-order valence-corrected chi connectivity index (χ0v) is 13.0. The van der Waals surface area contributed by atoms with Gasteiger partial charge in [0, 0.05) is 17.6 Å². The molecule has 0 radical (unpaired) electrons. The maximum absolute atomic E-state index is 4.71. The fraction of sp³-hybridized carbons (Fsp3) is 0.214. The number of para-hydroxylation sites is 1. The lowest BCUT2D eigenvalue weighted by molar-refractivity contribution is -0.00000359. The van der Waals surface area contributed by atoms with Gasteiger partial charge in [-0.3, -0.25) is 0 Å². The first-order chi connectivity index (χ1) is 8.22. The highest BCUT2D eigenvalue weighted by atomic mass is 79.9. The van der Waals surface area contributed by atoms with E-state index in [1.165, 1.54) is 11.3 Å². The van der Waals surface area contributed by atoms with Gasteiger partial charge in [-0.1, -0.05) is 24.3 Å². The lowest BCUT2D eigenvalue weighted by Gasteiger charge is -2.02. The molecule has 1 aromatic carbocycles. The van der Waals surface area contributed by atoms with Crippen LogP contribution in [-0.2, 0) is 6.54 Å². The Kier molecular flexibility index (Phi) is 5.56. The second-order valence-corrected chi connectivity index (χ2v) is 4.79. The van der Waals surface area contributed by atoms with Crippen LogP contribution in [-0.4, -0.2) is 4.57 Å². The van der Waals surface area contributed by atoms with Crippen LogP contribution in [0.25, 0.3) is 0 Å². The van der Waals surface area contributed by atoms with Crippen LogP contribution in [0.1, 0.15) is 11.3 Å². The molecule has 0 N–H and O–H groups in total. The highest BCUT2D eigenvalue weighted by molar-refractivity contribution is 7.07. The van der Waals surface area contributed by atoms with E-state index in [1.807, 2.05) is 24.3 Å². The molecule has 96 valence electrons. The molecule has 0 unspecified atom stereocenters. The standard InChI is InChI=1S/C14H16N2S.BrH/c1-4-9-16-12(3)10-17-14(16)15-13-8-6-5-7-11(13)2;/h4-8,10H,1,9H2,2-3H3;1H/p-1. The molecular formula is C14H16BrN2S-. The number of thiazole rings is 1. The SMILES string of the molecule is C=CCn1c(C)csc1=Nc1ccccc1C.[Br-]. The van der Waals surface area contributed by atoms with Crippen LogP contribution >= 0.6 is 11.3 Å². The summed E-state index contributed by atoms with van der Waals surface area (Å²) >= 11 is 1.67. The molecule has 1 aromatic heterocycles. The van der Waals surface area contributed by atoms with Gasteiger partial charge in [0.05, 0.1) is 5.69 Å². The van der Waals surface area contributed by atoms with Crippen LogP contribution < -0.4 is 21.8 Å². The van der Waals surface area contributed by atoms with E-state index in [-0.39, 0.29) is 17.0 Å². The first kappa shape index (κ1) is 14.9. The van der Waals surface area contributed by atoms with E-state index in [0.29, 0.717) is 0 Å². The van der Waals surface area contributed by atoms with Crippen LogP contribution in [0.4, 0.5) is 5.69 Å². The largest absolute Gasteiger partial charge is 1.00 e. The van der Waals surface area contributed by atoms with Gasteiger partial charge in [-0.15, -0.1) is 17.9 Å². The summed E-state index contributed by atoms with van der Waals surface area (Å²) in [4.78, 5) is 5.74. The number of benzene rings is 1. The number of halogens is 1. The maximum Gasteiger partial charge on any atom is 0.190 e. The molecule has 0 saturated heterocycles. The van der Waals surface area contributed by atoms with Crippen molar-refractivity contribution in [3.05, 3.63) is 58.4 Å². The van der Waals surface area contributed by atoms with Gasteiger partial charge in [0.15, 0.2) is 4.80 Å². The van der Waals surface area contributed by atoms with E-state index in [4.69, 9.17) is 4.99 Å². The van der Waals surface area contributed by atoms with Gasteiger partial charge in [-0.2, -0.15) is 0 Å². The zero-order valence-electron chi connectivity index (χ0n) is 10.6. The Morgan fingerprint density at radius 2 is 2.06 bits per heavy atom. The summed E-state index contributed by atoms with van der Waals surface area (Å²) in [5, 5.41) is 2.13. The van der Waals surface area contributed by atoms with Gasteiger partial charge in [-0.25, -0.2) is 4.99 Å². The van der Waals surface area contributed by atoms with Crippen molar-refractivity contribution < 1.29 is 17.0 Å². The third-order valence-corrected chi connectivity index (χ3v) is 3.62. The minimum atomic E-state index is 0. The predicted octanol–water partition coefficient (Wildman–Crippen LogP) is 0.589. The van der Waals surface area contributed by atoms with E-state index >= 15 is 0 Å². The Morgan fingerprint density at radius 1 is 1.33 bits per heavy atom. The molecule has 0 aliphatic carbocycles. The fourth-order valence-corrected chi connectivity index (χ4v) is 2.55. The topological polar surface area (TPSA) is 17.3 Å². The summed E-state index contributed by atoms with van der Waals surface area (Å²) in [6.45, 7) is 8.76. The number of nitrogens with zero attached hydrogens (tertiary/aromatic N) is 2. The van der Waals surface area contributed by atoms with Crippen molar-refractivity contribution in [1.29, 1.82) is 0 Å². The molecule has 1 heterocycles. The van der Waals surface area contributed by atoms with Crippen molar-refractivity contribution in [3.63, 3.8) is 0 Å². The Balaban J connectivity index is 0.00000162. The quantitative estimate of drug-likeness (QED) is 0.736. The van der Waals surface area contributed by atoms with Crippen LogP contribution in [0.15, 0.2) is 47.3 Å². The van der Waals surface area contributed by atoms with Crippen LogP contribution in [0.5, 0.6) is 0 Å². The average Bonchev–Trinajstić information content (AvgIpc) is 2.65. The summed E-state index contributed by atoms with van der Waals surface area (Å²) in [6.07, 6.45) is 1.90. The van der Waals surface area contributed by atoms with Gasteiger partial charge >= 0.3 is 0 Å². The number of rotatable bonds is 3. The molecule has 0 amide bonds. The van der Waals surface area contributed by atoms with Crippen molar-refractivity contribution in [3.8, 4) is 0 Å². The summed E-state index contributed by atoms with van der Waals surface area (Å²) < 4.78 is 2.17. The molecule has 2 rings (SSSR count). The molecule has 0 aliphatic heterocycles. The molecule has 2 nitrogen and oxygen atoms in total. The molecule has 2 aromatic rings. The van der Waals surface area contributed by atoms with Crippen LogP contribution in [0.2, 0.25) is 0 Å². The molecule has 4 heteroatoms.